The second-order valence-corrected chi connectivity index (χ2v) is 11.7. The number of rotatable bonds is 9. The molecule has 248 valence electrons. The largest absolute Gasteiger partial charge is 0.483 e. The predicted molar refractivity (Wildman–Crippen MR) is 167 cm³/mol. The number of carbonyl (C=O) groups is 1. The van der Waals surface area contributed by atoms with Crippen molar-refractivity contribution in [2.24, 2.45) is 0 Å². The number of piperazine rings is 1. The van der Waals surface area contributed by atoms with Crippen LogP contribution < -0.4 is 19.7 Å². The quantitative estimate of drug-likeness (QED) is 0.351. The molecular weight excluding hydrogens is 614 g/mol. The average Bonchev–Trinajstić information content (AvgIpc) is 3.05. The third-order valence-electron chi connectivity index (χ3n) is 8.59. The molecule has 3 aromatic rings. The number of ether oxygens (including phenoxy) is 3. The molecule has 47 heavy (non-hydrogen) atoms. The Morgan fingerprint density at radius 2 is 1.94 bits per heavy atom. The highest BCUT2D eigenvalue weighted by atomic mass is 19.3. The van der Waals surface area contributed by atoms with E-state index in [0.29, 0.717) is 29.0 Å². The first-order valence-corrected chi connectivity index (χ1v) is 15.4. The summed E-state index contributed by atoms with van der Waals surface area (Å²) >= 11 is 0. The Kier molecular flexibility index (Phi) is 9.35. The number of piperidine rings is 1. The molecule has 0 saturated carbocycles. The molecule has 0 spiro atoms. The fourth-order valence-electron chi connectivity index (χ4n) is 5.90. The van der Waals surface area contributed by atoms with Crippen molar-refractivity contribution < 1.29 is 32.9 Å². The first-order chi connectivity index (χ1) is 22.6. The van der Waals surface area contributed by atoms with E-state index in [-0.39, 0.29) is 30.2 Å². The van der Waals surface area contributed by atoms with E-state index in [2.05, 4.69) is 30.1 Å². The molecule has 2 unspecified atom stereocenters. The first kappa shape index (κ1) is 32.3. The number of anilines is 3. The second-order valence-electron chi connectivity index (χ2n) is 11.7. The highest BCUT2D eigenvalue weighted by molar-refractivity contribution is 5.80. The van der Waals surface area contributed by atoms with Crippen molar-refractivity contribution in [1.82, 2.24) is 24.8 Å². The molecular formula is C32H36F2N8O5. The molecule has 15 heteroatoms. The van der Waals surface area contributed by atoms with Crippen LogP contribution in [0, 0.1) is 11.3 Å². The Morgan fingerprint density at radius 1 is 1.15 bits per heavy atom. The van der Waals surface area contributed by atoms with Gasteiger partial charge in [0.2, 0.25) is 11.8 Å². The summed E-state index contributed by atoms with van der Waals surface area (Å²) in [5, 5.41) is 22.4. The molecule has 1 aromatic carbocycles. The summed E-state index contributed by atoms with van der Waals surface area (Å²) in [5.74, 6) is -2.92. The molecule has 3 saturated heterocycles. The number of benzene rings is 1. The molecule has 2 N–H and O–H groups in total. The highest BCUT2D eigenvalue weighted by Gasteiger charge is 2.48. The number of methoxy groups -OCH3 is 1. The lowest BCUT2D eigenvalue weighted by Crippen LogP contribution is -2.56. The fourth-order valence-corrected chi connectivity index (χ4v) is 5.90. The molecule has 6 rings (SSSR count). The third kappa shape index (κ3) is 7.04. The molecule has 0 aliphatic carbocycles. The molecule has 13 nitrogen and oxygen atoms in total. The van der Waals surface area contributed by atoms with Crippen LogP contribution in [0.2, 0.25) is 0 Å². The Bertz CT molecular complexity index is 1640. The highest BCUT2D eigenvalue weighted by Crippen LogP contribution is 2.34. The van der Waals surface area contributed by atoms with Crippen LogP contribution in [-0.2, 0) is 9.53 Å². The molecule has 2 atom stereocenters. The van der Waals surface area contributed by atoms with E-state index < -0.39 is 30.6 Å². The van der Waals surface area contributed by atoms with Crippen molar-refractivity contribution in [2.45, 2.75) is 37.5 Å². The van der Waals surface area contributed by atoms with Gasteiger partial charge in [-0.15, -0.1) is 0 Å². The lowest BCUT2D eigenvalue weighted by molar-refractivity contribution is -0.165. The van der Waals surface area contributed by atoms with E-state index in [9.17, 15) is 23.9 Å². The summed E-state index contributed by atoms with van der Waals surface area (Å²) in [6, 6.07) is 12.6. The normalized spacial score (nSPS) is 20.6. The Labute approximate surface area is 270 Å². The van der Waals surface area contributed by atoms with Crippen molar-refractivity contribution in [3.05, 3.63) is 48.2 Å². The lowest BCUT2D eigenvalue weighted by atomic mass is 10.0. The Morgan fingerprint density at radius 3 is 2.60 bits per heavy atom. The number of aliphatic hydroxyl groups is 1. The van der Waals surface area contributed by atoms with Crippen LogP contribution in [0.5, 0.6) is 11.6 Å². The number of likely N-dealkylation sites (tertiary alicyclic amines) is 1. The molecule has 3 fully saturated rings. The van der Waals surface area contributed by atoms with Gasteiger partial charge >= 0.3 is 5.92 Å². The number of aromatic nitrogens is 3. The minimum atomic E-state index is -3.38. The molecule has 5 heterocycles. The molecule has 3 aliphatic heterocycles. The van der Waals surface area contributed by atoms with Gasteiger partial charge in [0.05, 0.1) is 44.2 Å². The molecule has 1 amide bonds. The second kappa shape index (κ2) is 13.6. The monoisotopic (exact) mass is 650 g/mol. The van der Waals surface area contributed by atoms with Gasteiger partial charge in [0.1, 0.15) is 29.4 Å². The topological polar surface area (TPSA) is 149 Å². The van der Waals surface area contributed by atoms with E-state index >= 15 is 0 Å². The lowest BCUT2D eigenvalue weighted by Gasteiger charge is -2.43. The maximum Gasteiger partial charge on any atom is 0.301 e. The van der Waals surface area contributed by atoms with Crippen molar-refractivity contribution in [1.29, 1.82) is 5.26 Å². The number of alkyl halides is 2. The number of nitrogens with one attached hydrogen (secondary N) is 1. The minimum Gasteiger partial charge on any atom is -0.483 e. The van der Waals surface area contributed by atoms with Gasteiger partial charge in [0.25, 0.3) is 5.91 Å². The maximum absolute atomic E-state index is 14.9. The van der Waals surface area contributed by atoms with Crippen LogP contribution in [0.4, 0.5) is 26.2 Å². The zero-order valence-corrected chi connectivity index (χ0v) is 26.1. The summed E-state index contributed by atoms with van der Waals surface area (Å²) < 4.78 is 46.4. The number of aliphatic hydroxyl groups excluding tert-OH is 1. The van der Waals surface area contributed by atoms with Gasteiger partial charge in [0.15, 0.2) is 6.10 Å². The van der Waals surface area contributed by atoms with Crippen molar-refractivity contribution in [2.75, 3.05) is 69.8 Å². The average molecular weight is 651 g/mol. The number of carbonyl (C=O) groups excluding carboxylic acids is 1. The van der Waals surface area contributed by atoms with Crippen LogP contribution in [-0.4, -0.2) is 120 Å². The summed E-state index contributed by atoms with van der Waals surface area (Å²) in [7, 11) is 1.58. The minimum absolute atomic E-state index is 0.00140. The SMILES string of the molecule is COc1nc(Nc2nccc(-c3ccc(OC4CCN(C(=O)C(C)O)CC4(F)F)c(C#N)c3)n2)ccc1N1CCN(C2COC2)CC1. The maximum atomic E-state index is 14.9. The van der Waals surface area contributed by atoms with Gasteiger partial charge in [0, 0.05) is 50.9 Å². The number of nitriles is 1. The van der Waals surface area contributed by atoms with Gasteiger partial charge in [-0.05, 0) is 43.3 Å². The standard InChI is InChI=1S/C32H36F2N8O5/c1-20(43)30(44)42-10-8-27(32(33,34)19-42)47-26-5-3-21(15-22(26)16-35)24-7-9-36-31(37-24)39-28-6-4-25(29(38-28)45-2)41-13-11-40(12-14-41)23-17-46-18-23/h3-7,9,15,20,23,27,43H,8,10-14,17-19H2,1-2H3,(H,36,37,38,39). The third-order valence-corrected chi connectivity index (χ3v) is 8.59. The summed E-state index contributed by atoms with van der Waals surface area (Å²) in [5.41, 5.74) is 1.99. The van der Waals surface area contributed by atoms with Crippen molar-refractivity contribution in [3.63, 3.8) is 0 Å². The van der Waals surface area contributed by atoms with Gasteiger partial charge in [-0.1, -0.05) is 0 Å². The Balaban J connectivity index is 1.12. The molecule has 2 aromatic heterocycles. The number of hydrogen-bond donors (Lipinski definition) is 2. The zero-order valence-electron chi connectivity index (χ0n) is 26.1. The molecule has 3 aliphatic rings. The summed E-state index contributed by atoms with van der Waals surface area (Å²) in [6.45, 7) is 5.54. The number of halogens is 2. The van der Waals surface area contributed by atoms with Crippen LogP contribution >= 0.6 is 0 Å². The fraction of sp³-hybridized carbons (Fsp3) is 0.469. The molecule has 0 radical (unpaired) electrons. The van der Waals surface area contributed by atoms with Crippen LogP contribution in [0.25, 0.3) is 11.3 Å². The zero-order chi connectivity index (χ0) is 33.1. The van der Waals surface area contributed by atoms with Gasteiger partial charge in [-0.2, -0.15) is 10.2 Å². The summed E-state index contributed by atoms with van der Waals surface area (Å²) in [4.78, 5) is 31.2. The van der Waals surface area contributed by atoms with E-state index in [1.54, 1.807) is 25.4 Å². The van der Waals surface area contributed by atoms with Crippen molar-refractivity contribution >= 4 is 23.4 Å². The molecule has 0 bridgehead atoms. The van der Waals surface area contributed by atoms with Gasteiger partial charge < -0.3 is 34.4 Å². The van der Waals surface area contributed by atoms with Crippen LogP contribution in [0.3, 0.4) is 0 Å². The smallest absolute Gasteiger partial charge is 0.301 e. The number of amides is 1. The van der Waals surface area contributed by atoms with Crippen molar-refractivity contribution in [3.8, 4) is 29.0 Å². The number of nitrogens with zero attached hydrogens (tertiary/aromatic N) is 7. The van der Waals surface area contributed by atoms with Crippen LogP contribution in [0.1, 0.15) is 18.9 Å². The van der Waals surface area contributed by atoms with Crippen LogP contribution in [0.15, 0.2) is 42.6 Å². The van der Waals surface area contributed by atoms with E-state index in [1.165, 1.54) is 19.1 Å². The van der Waals surface area contributed by atoms with Gasteiger partial charge in [-0.25, -0.2) is 18.7 Å². The van der Waals surface area contributed by atoms with E-state index in [1.807, 2.05) is 18.2 Å². The van der Waals surface area contributed by atoms with E-state index in [4.69, 9.17) is 14.2 Å². The predicted octanol–water partition coefficient (Wildman–Crippen LogP) is 2.68. The van der Waals surface area contributed by atoms with E-state index in [0.717, 1.165) is 50.0 Å². The Hall–Kier alpha value is -4.65. The first-order valence-electron chi connectivity index (χ1n) is 15.4. The number of hydrogen-bond acceptors (Lipinski definition) is 12. The number of pyridine rings is 1. The van der Waals surface area contributed by atoms with Gasteiger partial charge in [-0.3, -0.25) is 9.69 Å². The summed E-state index contributed by atoms with van der Waals surface area (Å²) in [6.07, 6.45) is -1.52.